The Balaban J connectivity index is 1.68. The number of carbonyl (C=O) groups excluding carboxylic acids is 1. The van der Waals surface area contributed by atoms with E-state index in [9.17, 15) is 22.8 Å². The van der Waals surface area contributed by atoms with Gasteiger partial charge < -0.3 is 10.0 Å². The lowest BCUT2D eigenvalue weighted by molar-refractivity contribution is -0.188. The van der Waals surface area contributed by atoms with Gasteiger partial charge in [0.15, 0.2) is 0 Å². The summed E-state index contributed by atoms with van der Waals surface area (Å²) >= 11 is 0. The first-order valence-corrected chi connectivity index (χ1v) is 9.04. The smallest absolute Gasteiger partial charge is 0.393 e. The second-order valence-electron chi connectivity index (χ2n) is 7.40. The number of hydrogen-bond donors (Lipinski definition) is 1. The van der Waals surface area contributed by atoms with Gasteiger partial charge in [0.2, 0.25) is 5.91 Å². The summed E-state index contributed by atoms with van der Waals surface area (Å²) in [4.78, 5) is 26.8. The average Bonchev–Trinajstić information content (AvgIpc) is 3.05. The molecule has 1 unspecified atom stereocenters. The van der Waals surface area contributed by atoms with Gasteiger partial charge in [-0.2, -0.15) is 13.2 Å². The van der Waals surface area contributed by atoms with Crippen molar-refractivity contribution in [3.63, 3.8) is 0 Å². The van der Waals surface area contributed by atoms with Crippen LogP contribution in [0.2, 0.25) is 0 Å². The molecule has 2 aliphatic rings. The van der Waals surface area contributed by atoms with E-state index >= 15 is 0 Å². The van der Waals surface area contributed by atoms with Crippen LogP contribution >= 0.6 is 0 Å². The Morgan fingerprint density at radius 1 is 1.26 bits per heavy atom. The standard InChI is InChI=1S/C19H23F3N2O3/c1-23(16-8-4-6-12-5-2-3-7-13(12)16)17(25)11-24-9-14(18(26)27)15(10-24)19(20,21)22/h2-3,5,7,14-16H,4,6,8-11H2,1H3,(H,26,27)/t14-,15-,16?/m1/s1. The topological polar surface area (TPSA) is 60.9 Å². The molecule has 1 aromatic rings. The molecular formula is C19H23F3N2O3. The highest BCUT2D eigenvalue weighted by Gasteiger charge is 2.52. The zero-order chi connectivity index (χ0) is 19.8. The lowest BCUT2D eigenvalue weighted by Crippen LogP contribution is -2.40. The van der Waals surface area contributed by atoms with Crippen LogP contribution in [0.4, 0.5) is 13.2 Å². The third-order valence-electron chi connectivity index (χ3n) is 5.69. The van der Waals surface area contributed by atoms with Crippen LogP contribution in [0.1, 0.15) is 30.0 Å². The van der Waals surface area contributed by atoms with Gasteiger partial charge in [0.05, 0.1) is 24.4 Å². The first kappa shape index (κ1) is 19.7. The molecule has 3 rings (SSSR count). The largest absolute Gasteiger partial charge is 0.481 e. The molecule has 8 heteroatoms. The number of aliphatic carboxylic acids is 1. The first-order valence-electron chi connectivity index (χ1n) is 9.04. The maximum Gasteiger partial charge on any atom is 0.393 e. The quantitative estimate of drug-likeness (QED) is 0.867. The molecule has 0 spiro atoms. The van der Waals surface area contributed by atoms with Gasteiger partial charge in [0.25, 0.3) is 0 Å². The van der Waals surface area contributed by atoms with E-state index in [1.54, 1.807) is 11.9 Å². The van der Waals surface area contributed by atoms with E-state index < -0.39 is 30.5 Å². The SMILES string of the molecule is CN(C(=O)CN1C[C@@H](C(F)(F)F)[C@H](C(=O)O)C1)C1CCCc2ccccc21. The van der Waals surface area contributed by atoms with Crippen molar-refractivity contribution in [2.75, 3.05) is 26.7 Å². The molecule has 0 saturated carbocycles. The molecule has 1 saturated heterocycles. The van der Waals surface area contributed by atoms with E-state index in [0.29, 0.717) is 0 Å². The van der Waals surface area contributed by atoms with Crippen LogP contribution in [0, 0.1) is 11.8 Å². The lowest BCUT2D eigenvalue weighted by atomic mass is 9.87. The van der Waals surface area contributed by atoms with Gasteiger partial charge in [-0.05, 0) is 30.4 Å². The van der Waals surface area contributed by atoms with Gasteiger partial charge in [-0.3, -0.25) is 14.5 Å². The number of amides is 1. The van der Waals surface area contributed by atoms with Crippen molar-refractivity contribution < 1.29 is 27.9 Å². The van der Waals surface area contributed by atoms with Crippen LogP contribution in [0.15, 0.2) is 24.3 Å². The molecule has 0 bridgehead atoms. The minimum Gasteiger partial charge on any atom is -0.481 e. The van der Waals surface area contributed by atoms with Crippen LogP contribution in [0.25, 0.3) is 0 Å². The minimum absolute atomic E-state index is 0.0984. The Morgan fingerprint density at radius 3 is 2.59 bits per heavy atom. The molecule has 148 valence electrons. The fourth-order valence-electron chi connectivity index (χ4n) is 4.20. The summed E-state index contributed by atoms with van der Waals surface area (Å²) in [5.74, 6) is -5.23. The first-order chi connectivity index (χ1) is 12.7. The molecule has 1 aliphatic carbocycles. The van der Waals surface area contributed by atoms with E-state index in [4.69, 9.17) is 5.11 Å². The van der Waals surface area contributed by atoms with Crippen LogP contribution in [-0.2, 0) is 16.0 Å². The molecule has 0 radical (unpaired) electrons. The lowest BCUT2D eigenvalue weighted by Gasteiger charge is -2.34. The predicted molar refractivity (Wildman–Crippen MR) is 92.0 cm³/mol. The summed E-state index contributed by atoms with van der Waals surface area (Å²) in [6, 6.07) is 7.79. The number of alkyl halides is 3. The molecule has 1 aromatic carbocycles. The Morgan fingerprint density at radius 2 is 1.96 bits per heavy atom. The number of hydrogen-bond acceptors (Lipinski definition) is 3. The predicted octanol–water partition coefficient (Wildman–Crippen LogP) is 2.72. The molecule has 5 nitrogen and oxygen atoms in total. The number of nitrogens with zero attached hydrogens (tertiary/aromatic N) is 2. The highest BCUT2D eigenvalue weighted by molar-refractivity contribution is 5.79. The number of likely N-dealkylation sites (N-methyl/N-ethyl adjacent to an activating group) is 1. The monoisotopic (exact) mass is 384 g/mol. The number of aryl methyl sites for hydroxylation is 1. The zero-order valence-corrected chi connectivity index (χ0v) is 15.1. The fraction of sp³-hybridized carbons (Fsp3) is 0.579. The second-order valence-corrected chi connectivity index (χ2v) is 7.40. The maximum absolute atomic E-state index is 13.1. The molecular weight excluding hydrogens is 361 g/mol. The molecule has 27 heavy (non-hydrogen) atoms. The number of carboxylic acids is 1. The van der Waals surface area contributed by atoms with Gasteiger partial charge in [0.1, 0.15) is 0 Å². The average molecular weight is 384 g/mol. The summed E-state index contributed by atoms with van der Waals surface area (Å²) in [7, 11) is 1.67. The third kappa shape index (κ3) is 4.10. The van der Waals surface area contributed by atoms with E-state index in [1.165, 1.54) is 10.5 Å². The van der Waals surface area contributed by atoms with Crippen LogP contribution in [0.5, 0.6) is 0 Å². The van der Waals surface area contributed by atoms with Crippen molar-refractivity contribution in [1.82, 2.24) is 9.80 Å². The fourth-order valence-corrected chi connectivity index (χ4v) is 4.20. The molecule has 1 aliphatic heterocycles. The highest BCUT2D eigenvalue weighted by atomic mass is 19.4. The number of likely N-dealkylation sites (tertiary alicyclic amines) is 1. The number of fused-ring (bicyclic) bond motifs is 1. The number of rotatable bonds is 4. The van der Waals surface area contributed by atoms with Crippen molar-refractivity contribution in [2.24, 2.45) is 11.8 Å². The van der Waals surface area contributed by atoms with Crippen molar-refractivity contribution in [3.05, 3.63) is 35.4 Å². The van der Waals surface area contributed by atoms with E-state index in [2.05, 4.69) is 0 Å². The molecule has 1 fully saturated rings. The van der Waals surface area contributed by atoms with Crippen molar-refractivity contribution in [1.29, 1.82) is 0 Å². The number of carboxylic acid groups (broad SMARTS) is 1. The van der Waals surface area contributed by atoms with E-state index in [0.717, 1.165) is 24.8 Å². The number of carbonyl (C=O) groups is 2. The van der Waals surface area contributed by atoms with Crippen molar-refractivity contribution >= 4 is 11.9 Å². The summed E-state index contributed by atoms with van der Waals surface area (Å²) in [6.07, 6.45) is -1.88. The summed E-state index contributed by atoms with van der Waals surface area (Å²) < 4.78 is 39.3. The van der Waals surface area contributed by atoms with Crippen LogP contribution in [0.3, 0.4) is 0 Å². The van der Waals surface area contributed by atoms with Gasteiger partial charge in [-0.25, -0.2) is 0 Å². The highest BCUT2D eigenvalue weighted by Crippen LogP contribution is 2.38. The van der Waals surface area contributed by atoms with Gasteiger partial charge >= 0.3 is 12.1 Å². The van der Waals surface area contributed by atoms with E-state index in [-0.39, 0.29) is 25.0 Å². The number of halogens is 3. The summed E-state index contributed by atoms with van der Waals surface area (Å²) in [5, 5.41) is 9.10. The minimum atomic E-state index is -4.59. The van der Waals surface area contributed by atoms with Crippen molar-refractivity contribution in [2.45, 2.75) is 31.5 Å². The second kappa shape index (κ2) is 7.50. The van der Waals surface area contributed by atoms with Gasteiger partial charge in [-0.1, -0.05) is 24.3 Å². The molecule has 0 aromatic heterocycles. The summed E-state index contributed by atoms with van der Waals surface area (Å²) in [5.41, 5.74) is 2.27. The Hall–Kier alpha value is -2.09. The Labute approximate surface area is 155 Å². The molecule has 1 N–H and O–H groups in total. The zero-order valence-electron chi connectivity index (χ0n) is 15.1. The Kier molecular flexibility index (Phi) is 5.46. The number of benzene rings is 1. The van der Waals surface area contributed by atoms with E-state index in [1.807, 2.05) is 24.3 Å². The molecule has 3 atom stereocenters. The summed E-state index contributed by atoms with van der Waals surface area (Å²) in [6.45, 7) is -0.923. The van der Waals surface area contributed by atoms with Gasteiger partial charge in [0, 0.05) is 20.1 Å². The third-order valence-corrected chi connectivity index (χ3v) is 5.69. The Bertz CT molecular complexity index is 722. The molecule has 1 heterocycles. The molecule has 1 amide bonds. The van der Waals surface area contributed by atoms with Crippen molar-refractivity contribution in [3.8, 4) is 0 Å². The normalized spacial score (nSPS) is 25.9. The maximum atomic E-state index is 13.1. The van der Waals surface area contributed by atoms with Crippen LogP contribution < -0.4 is 0 Å². The van der Waals surface area contributed by atoms with Crippen LogP contribution in [-0.4, -0.2) is 59.6 Å². The van der Waals surface area contributed by atoms with Gasteiger partial charge in [-0.15, -0.1) is 0 Å².